The van der Waals surface area contributed by atoms with Gasteiger partial charge < -0.3 is 5.32 Å². The van der Waals surface area contributed by atoms with E-state index in [0.29, 0.717) is 15.6 Å². The van der Waals surface area contributed by atoms with Crippen LogP contribution in [0.4, 0.5) is 15.1 Å². The zero-order valence-electron chi connectivity index (χ0n) is 17.2. The van der Waals surface area contributed by atoms with Crippen LogP contribution in [-0.4, -0.2) is 41.7 Å². The summed E-state index contributed by atoms with van der Waals surface area (Å²) in [7, 11) is -3.95. The molecule has 0 radical (unpaired) electrons. The molecule has 0 spiro atoms. The first-order valence-electron chi connectivity index (χ1n) is 9.11. The van der Waals surface area contributed by atoms with E-state index in [2.05, 4.69) is 5.32 Å². The molecule has 8 nitrogen and oxygen atoms in total. The summed E-state index contributed by atoms with van der Waals surface area (Å²) in [5.41, 5.74) is 0.343. The van der Waals surface area contributed by atoms with Crippen LogP contribution < -0.4 is 9.62 Å². The number of carbonyl (C=O) groups excluding carboxylic acids is 2. The number of benzene rings is 2. The fourth-order valence-electron chi connectivity index (χ4n) is 3.07. The van der Waals surface area contributed by atoms with Gasteiger partial charge in [0, 0.05) is 21.9 Å². The molecule has 1 unspecified atom stereocenters. The van der Waals surface area contributed by atoms with Crippen molar-refractivity contribution in [3.8, 4) is 0 Å². The zero-order chi connectivity index (χ0) is 23.8. The Labute approximate surface area is 190 Å². The van der Waals surface area contributed by atoms with Gasteiger partial charge in [0.2, 0.25) is 0 Å². The van der Waals surface area contributed by atoms with Gasteiger partial charge in [0.1, 0.15) is 16.6 Å². The molecule has 0 fully saturated rings. The predicted molar refractivity (Wildman–Crippen MR) is 122 cm³/mol. The van der Waals surface area contributed by atoms with Crippen molar-refractivity contribution in [2.24, 2.45) is 0 Å². The lowest BCUT2D eigenvalue weighted by Crippen LogP contribution is -2.28. The van der Waals surface area contributed by atoms with Gasteiger partial charge in [0.05, 0.1) is 17.1 Å². The summed E-state index contributed by atoms with van der Waals surface area (Å²) in [6.07, 6.45) is 0.911. The number of sulfone groups is 1. The number of rotatable bonds is 7. The Hall–Kier alpha value is -2.67. The number of ketones is 1. The van der Waals surface area contributed by atoms with E-state index >= 15 is 0 Å². The molecule has 0 aliphatic heterocycles. The molecule has 2 aromatic carbocycles. The molecular weight excluding hydrogens is 479 g/mol. The molecule has 32 heavy (non-hydrogen) atoms. The van der Waals surface area contributed by atoms with Crippen molar-refractivity contribution in [2.45, 2.75) is 18.7 Å². The van der Waals surface area contributed by atoms with Gasteiger partial charge in [-0.1, -0.05) is 0 Å². The smallest absolute Gasteiger partial charge is 0.267 e. The molecule has 2 N–H and O–H groups in total. The highest BCUT2D eigenvalue weighted by molar-refractivity contribution is 7.91. The van der Waals surface area contributed by atoms with Crippen LogP contribution in [0, 0.1) is 12.7 Å². The van der Waals surface area contributed by atoms with Crippen molar-refractivity contribution in [2.75, 3.05) is 17.1 Å². The minimum absolute atomic E-state index is 0.0331. The molecule has 170 valence electrons. The third-order valence-corrected chi connectivity index (χ3v) is 7.74. The van der Waals surface area contributed by atoms with E-state index in [1.807, 2.05) is 0 Å². The number of aryl methyl sites for hydroxylation is 1. The van der Waals surface area contributed by atoms with Crippen molar-refractivity contribution in [3.05, 3.63) is 53.3 Å². The lowest BCUT2D eigenvalue weighted by molar-refractivity contribution is -0.116. The van der Waals surface area contributed by atoms with Gasteiger partial charge in [-0.05, 0) is 55.8 Å². The third-order valence-electron chi connectivity index (χ3n) is 4.55. The maximum absolute atomic E-state index is 13.7. The molecule has 1 atom stereocenters. The molecule has 0 aliphatic carbocycles. The number of anilines is 2. The first-order chi connectivity index (χ1) is 14.9. The highest BCUT2D eigenvalue weighted by Crippen LogP contribution is 2.43. The molecule has 1 heterocycles. The van der Waals surface area contributed by atoms with Crippen LogP contribution in [0.1, 0.15) is 22.8 Å². The molecule has 0 bridgehead atoms. The molecule has 3 aromatic rings. The minimum atomic E-state index is -3.95. The highest BCUT2D eigenvalue weighted by Gasteiger charge is 2.28. The summed E-state index contributed by atoms with van der Waals surface area (Å²) < 4.78 is 62.7. The maximum Gasteiger partial charge on any atom is 0.267 e. The molecule has 1 amide bonds. The Morgan fingerprint density at radius 3 is 2.50 bits per heavy atom. The number of hydrogen-bond acceptors (Lipinski definition) is 6. The second-order valence-corrected chi connectivity index (χ2v) is 10.9. The van der Waals surface area contributed by atoms with Crippen LogP contribution in [0.2, 0.25) is 0 Å². The van der Waals surface area contributed by atoms with E-state index in [1.54, 1.807) is 6.92 Å². The lowest BCUT2D eigenvalue weighted by atomic mass is 10.1. The van der Waals surface area contributed by atoms with Crippen LogP contribution in [0.5, 0.6) is 0 Å². The Morgan fingerprint density at radius 1 is 1.22 bits per heavy atom. The predicted octanol–water partition coefficient (Wildman–Crippen LogP) is 3.35. The van der Waals surface area contributed by atoms with Crippen molar-refractivity contribution in [1.29, 1.82) is 0 Å². The van der Waals surface area contributed by atoms with Crippen molar-refractivity contribution in [1.82, 2.24) is 5.32 Å². The Balaban J connectivity index is 2.19. The maximum atomic E-state index is 13.7. The van der Waals surface area contributed by atoms with E-state index in [9.17, 15) is 31.2 Å². The monoisotopic (exact) mass is 498 g/mol. The van der Waals surface area contributed by atoms with Crippen LogP contribution >= 0.6 is 11.3 Å². The topological polar surface area (TPSA) is 121 Å². The normalized spacial score (nSPS) is 12.5. The first-order valence-corrected chi connectivity index (χ1v) is 12.9. The zero-order valence-corrected chi connectivity index (χ0v) is 19.7. The van der Waals surface area contributed by atoms with Crippen LogP contribution in [0.3, 0.4) is 0 Å². The van der Waals surface area contributed by atoms with Gasteiger partial charge in [-0.25, -0.2) is 21.3 Å². The summed E-state index contributed by atoms with van der Waals surface area (Å²) in [5, 5.41) is 3.16. The van der Waals surface area contributed by atoms with Gasteiger partial charge in [-0.3, -0.25) is 14.1 Å². The fourth-order valence-corrected chi connectivity index (χ4v) is 6.02. The van der Waals surface area contributed by atoms with Gasteiger partial charge >= 0.3 is 0 Å². The Bertz CT molecular complexity index is 1370. The largest absolute Gasteiger partial charge is 0.345 e. The summed E-state index contributed by atoms with van der Waals surface area (Å²) in [6.45, 7) is 2.70. The second kappa shape index (κ2) is 9.06. The molecular formula is C20H19FN2O6S3. The van der Waals surface area contributed by atoms with Gasteiger partial charge in [-0.2, -0.15) is 0 Å². The molecule has 1 aromatic heterocycles. The SMILES string of the molecule is CC(=O)CNC(=O)c1ccc(N(c2sc3ccc(F)cc3c2C)S(=O)O)c(S(C)(=O)=O)c1. The van der Waals surface area contributed by atoms with Gasteiger partial charge in [0.25, 0.3) is 17.2 Å². The van der Waals surface area contributed by atoms with Crippen molar-refractivity contribution >= 4 is 64.9 Å². The highest BCUT2D eigenvalue weighted by atomic mass is 32.2. The summed E-state index contributed by atoms with van der Waals surface area (Å²) >= 11 is -1.58. The van der Waals surface area contributed by atoms with E-state index in [1.165, 1.54) is 37.3 Å². The summed E-state index contributed by atoms with van der Waals surface area (Å²) in [6, 6.07) is 7.72. The van der Waals surface area contributed by atoms with Crippen LogP contribution in [0.15, 0.2) is 41.3 Å². The average molecular weight is 499 g/mol. The summed E-state index contributed by atoms with van der Waals surface area (Å²) in [5.74, 6) is -1.42. The number of nitrogens with zero attached hydrogens (tertiary/aromatic N) is 1. The van der Waals surface area contributed by atoms with E-state index in [-0.39, 0.29) is 33.5 Å². The third kappa shape index (κ3) is 4.88. The van der Waals surface area contributed by atoms with E-state index in [0.717, 1.165) is 28.0 Å². The average Bonchev–Trinajstić information content (AvgIpc) is 3.01. The number of Topliss-reactive ketones (excluding diaryl/α,β-unsaturated/α-hetero) is 1. The Kier molecular flexibility index (Phi) is 6.79. The number of hydrogen-bond donors (Lipinski definition) is 2. The number of fused-ring (bicyclic) bond motifs is 1. The second-order valence-electron chi connectivity index (χ2n) is 7.04. The molecule has 3 rings (SSSR count). The van der Waals surface area contributed by atoms with Gasteiger partial charge in [-0.15, -0.1) is 11.3 Å². The van der Waals surface area contributed by atoms with Crippen LogP contribution in [-0.2, 0) is 25.9 Å². The molecule has 0 saturated heterocycles. The number of nitrogens with one attached hydrogen (secondary N) is 1. The number of amides is 1. The van der Waals surface area contributed by atoms with Crippen LogP contribution in [0.25, 0.3) is 10.1 Å². The van der Waals surface area contributed by atoms with Gasteiger partial charge in [0.15, 0.2) is 9.84 Å². The van der Waals surface area contributed by atoms with E-state index < -0.39 is 32.8 Å². The number of halogens is 1. The number of thiophene rings is 1. The van der Waals surface area contributed by atoms with Crippen molar-refractivity contribution < 1.29 is 31.2 Å². The standard InChI is InChI=1S/C20H19FN2O6S3/c1-11(24)10-22-19(25)13-4-6-16(18(8-13)32(3,28)29)23(31(26)27)20-12(2)15-9-14(21)5-7-17(15)30-20/h4-9H,10H2,1-3H3,(H,22,25)(H,26,27). The quantitative estimate of drug-likeness (QED) is 0.482. The first kappa shape index (κ1) is 24.0. The Morgan fingerprint density at radius 2 is 1.91 bits per heavy atom. The molecule has 12 heteroatoms. The lowest BCUT2D eigenvalue weighted by Gasteiger charge is -2.22. The summed E-state index contributed by atoms with van der Waals surface area (Å²) in [4.78, 5) is 23.1. The molecule has 0 saturated carbocycles. The number of carbonyl (C=O) groups is 2. The molecule has 0 aliphatic rings. The fraction of sp³-hybridized carbons (Fsp3) is 0.200. The minimum Gasteiger partial charge on any atom is -0.345 e. The van der Waals surface area contributed by atoms with Crippen molar-refractivity contribution in [3.63, 3.8) is 0 Å². The van der Waals surface area contributed by atoms with E-state index in [4.69, 9.17) is 0 Å².